The van der Waals surface area contributed by atoms with Gasteiger partial charge in [0.05, 0.1) is 13.2 Å². The van der Waals surface area contributed by atoms with Crippen molar-refractivity contribution >= 4 is 11.9 Å². The summed E-state index contributed by atoms with van der Waals surface area (Å²) in [6.45, 7) is 1.27. The molecule has 2 fully saturated rings. The van der Waals surface area contributed by atoms with E-state index in [0.717, 1.165) is 45.1 Å². The van der Waals surface area contributed by atoms with E-state index in [0.29, 0.717) is 6.54 Å². The minimum absolute atomic E-state index is 0.103. The summed E-state index contributed by atoms with van der Waals surface area (Å²) in [6.07, 6.45) is 6.19. The highest BCUT2D eigenvalue weighted by molar-refractivity contribution is 5.98. The summed E-state index contributed by atoms with van der Waals surface area (Å²) in [5, 5.41) is 2.85. The first kappa shape index (κ1) is 14.3. The first-order valence-corrected chi connectivity index (χ1v) is 7.19. The fraction of sp³-hybridized carbons (Fsp3) is 0.857. The molecule has 0 aromatic carbocycles. The van der Waals surface area contributed by atoms with Crippen molar-refractivity contribution in [1.29, 1.82) is 0 Å². The van der Waals surface area contributed by atoms with Crippen molar-refractivity contribution < 1.29 is 19.1 Å². The molecular formula is C14H23NO4. The van der Waals surface area contributed by atoms with Gasteiger partial charge in [-0.15, -0.1) is 0 Å². The van der Waals surface area contributed by atoms with Gasteiger partial charge in [-0.1, -0.05) is 12.8 Å². The lowest BCUT2D eigenvalue weighted by Crippen LogP contribution is -2.42. The maximum absolute atomic E-state index is 12.2. The molecule has 2 aliphatic rings. The van der Waals surface area contributed by atoms with Gasteiger partial charge in [-0.3, -0.25) is 9.59 Å². The van der Waals surface area contributed by atoms with Crippen LogP contribution < -0.4 is 5.32 Å². The van der Waals surface area contributed by atoms with Crippen molar-refractivity contribution in [2.45, 2.75) is 44.6 Å². The first-order valence-electron chi connectivity index (χ1n) is 7.19. The predicted octanol–water partition coefficient (Wildman–Crippen LogP) is 1.26. The predicted molar refractivity (Wildman–Crippen MR) is 69.4 cm³/mol. The van der Waals surface area contributed by atoms with Crippen LogP contribution in [0.4, 0.5) is 0 Å². The zero-order valence-electron chi connectivity index (χ0n) is 11.5. The Morgan fingerprint density at radius 3 is 2.58 bits per heavy atom. The monoisotopic (exact) mass is 269 g/mol. The molecule has 0 aromatic heterocycles. The molecule has 1 heterocycles. The summed E-state index contributed by atoms with van der Waals surface area (Å²) in [6, 6.07) is 0. The lowest BCUT2D eigenvalue weighted by molar-refractivity contribution is -0.152. The molecule has 2 atom stereocenters. The van der Waals surface area contributed by atoms with E-state index < -0.39 is 11.9 Å². The third kappa shape index (κ3) is 3.69. The van der Waals surface area contributed by atoms with Gasteiger partial charge in [-0.25, -0.2) is 0 Å². The van der Waals surface area contributed by atoms with Gasteiger partial charge < -0.3 is 14.8 Å². The Hall–Kier alpha value is -1.10. The smallest absolute Gasteiger partial charge is 0.318 e. The summed E-state index contributed by atoms with van der Waals surface area (Å²) in [4.78, 5) is 24.0. The minimum atomic E-state index is -0.645. The van der Waals surface area contributed by atoms with Gasteiger partial charge in [0.25, 0.3) is 0 Å². The number of rotatable bonds is 5. The highest BCUT2D eigenvalue weighted by Gasteiger charge is 2.37. The Morgan fingerprint density at radius 1 is 1.26 bits per heavy atom. The topological polar surface area (TPSA) is 64.6 Å². The molecule has 2 rings (SSSR count). The van der Waals surface area contributed by atoms with E-state index in [1.807, 2.05) is 0 Å². The standard InChI is InChI=1S/C14H23NO4/c1-18-14(17)12(10-5-2-3-6-10)13(16)15-9-11-7-4-8-19-11/h10-12H,2-9H2,1H3,(H,15,16)/t11-,12+/m1/s1. The second kappa shape index (κ2) is 6.89. The lowest BCUT2D eigenvalue weighted by Gasteiger charge is -2.21. The third-order valence-corrected chi connectivity index (χ3v) is 4.14. The fourth-order valence-corrected chi connectivity index (χ4v) is 3.06. The van der Waals surface area contributed by atoms with E-state index in [9.17, 15) is 9.59 Å². The summed E-state index contributed by atoms with van der Waals surface area (Å²) < 4.78 is 10.3. The second-order valence-corrected chi connectivity index (χ2v) is 5.43. The van der Waals surface area contributed by atoms with Crippen LogP contribution in [0.3, 0.4) is 0 Å². The molecule has 0 spiro atoms. The molecule has 108 valence electrons. The molecule has 5 heteroatoms. The number of carbonyl (C=O) groups is 2. The molecule has 1 aliphatic heterocycles. The van der Waals surface area contributed by atoms with Crippen LogP contribution in [0.25, 0.3) is 0 Å². The SMILES string of the molecule is COC(=O)[C@H](C(=O)NC[C@H]1CCCO1)C1CCCC1. The van der Waals surface area contributed by atoms with Crippen LogP contribution in [0.15, 0.2) is 0 Å². The molecular weight excluding hydrogens is 246 g/mol. The Kier molecular flexibility index (Phi) is 5.19. The Balaban J connectivity index is 1.88. The molecule has 0 aromatic rings. The number of hydrogen-bond donors (Lipinski definition) is 1. The fourth-order valence-electron chi connectivity index (χ4n) is 3.06. The molecule has 19 heavy (non-hydrogen) atoms. The number of nitrogens with one attached hydrogen (secondary N) is 1. The second-order valence-electron chi connectivity index (χ2n) is 5.43. The van der Waals surface area contributed by atoms with Crippen LogP contribution in [-0.2, 0) is 19.1 Å². The minimum Gasteiger partial charge on any atom is -0.468 e. The van der Waals surface area contributed by atoms with Crippen molar-refractivity contribution in [1.82, 2.24) is 5.32 Å². The highest BCUT2D eigenvalue weighted by Crippen LogP contribution is 2.32. The molecule has 0 radical (unpaired) electrons. The summed E-state index contributed by atoms with van der Waals surface area (Å²) in [5.41, 5.74) is 0. The number of amides is 1. The normalized spacial score (nSPS) is 25.2. The van der Waals surface area contributed by atoms with E-state index in [1.165, 1.54) is 7.11 Å². The van der Waals surface area contributed by atoms with E-state index >= 15 is 0 Å². The van der Waals surface area contributed by atoms with Crippen LogP contribution >= 0.6 is 0 Å². The molecule has 1 aliphatic carbocycles. The lowest BCUT2D eigenvalue weighted by atomic mass is 9.90. The van der Waals surface area contributed by atoms with Gasteiger partial charge in [-0.05, 0) is 31.6 Å². The average Bonchev–Trinajstić information content (AvgIpc) is 3.09. The van der Waals surface area contributed by atoms with Crippen molar-refractivity contribution in [2.24, 2.45) is 11.8 Å². The van der Waals surface area contributed by atoms with E-state index in [-0.39, 0.29) is 17.9 Å². The molecule has 1 saturated heterocycles. The van der Waals surface area contributed by atoms with Gasteiger partial charge in [0.2, 0.25) is 5.91 Å². The van der Waals surface area contributed by atoms with E-state index in [4.69, 9.17) is 9.47 Å². The molecule has 5 nitrogen and oxygen atoms in total. The highest BCUT2D eigenvalue weighted by atomic mass is 16.5. The van der Waals surface area contributed by atoms with Crippen molar-refractivity contribution in [3.8, 4) is 0 Å². The van der Waals surface area contributed by atoms with Crippen LogP contribution in [0.1, 0.15) is 38.5 Å². The largest absolute Gasteiger partial charge is 0.468 e. The van der Waals surface area contributed by atoms with E-state index in [1.54, 1.807) is 0 Å². The zero-order valence-corrected chi connectivity index (χ0v) is 11.5. The average molecular weight is 269 g/mol. The maximum Gasteiger partial charge on any atom is 0.318 e. The summed E-state index contributed by atoms with van der Waals surface area (Å²) >= 11 is 0. The molecule has 0 bridgehead atoms. The molecule has 0 unspecified atom stereocenters. The number of methoxy groups -OCH3 is 1. The summed E-state index contributed by atoms with van der Waals surface area (Å²) in [5.74, 6) is -1.11. The number of esters is 1. The van der Waals surface area contributed by atoms with Crippen molar-refractivity contribution in [3.63, 3.8) is 0 Å². The Bertz CT molecular complexity index is 319. The van der Waals surface area contributed by atoms with Gasteiger partial charge in [0, 0.05) is 13.2 Å². The quantitative estimate of drug-likeness (QED) is 0.603. The van der Waals surface area contributed by atoms with Crippen molar-refractivity contribution in [3.05, 3.63) is 0 Å². The number of carbonyl (C=O) groups excluding carboxylic acids is 2. The van der Waals surface area contributed by atoms with Crippen LogP contribution in [-0.4, -0.2) is 38.2 Å². The van der Waals surface area contributed by atoms with Crippen molar-refractivity contribution in [2.75, 3.05) is 20.3 Å². The number of hydrogen-bond acceptors (Lipinski definition) is 4. The van der Waals surface area contributed by atoms with Gasteiger partial charge in [0.1, 0.15) is 5.92 Å². The van der Waals surface area contributed by atoms with Gasteiger partial charge in [0.15, 0.2) is 0 Å². The third-order valence-electron chi connectivity index (χ3n) is 4.14. The number of ether oxygens (including phenoxy) is 2. The molecule has 1 saturated carbocycles. The molecule has 1 N–H and O–H groups in total. The van der Waals surface area contributed by atoms with Crippen LogP contribution in [0, 0.1) is 11.8 Å². The zero-order chi connectivity index (χ0) is 13.7. The van der Waals surface area contributed by atoms with Crippen LogP contribution in [0.2, 0.25) is 0 Å². The maximum atomic E-state index is 12.2. The Morgan fingerprint density at radius 2 is 2.00 bits per heavy atom. The van der Waals surface area contributed by atoms with E-state index in [2.05, 4.69) is 5.32 Å². The first-order chi connectivity index (χ1) is 9.22. The molecule has 1 amide bonds. The van der Waals surface area contributed by atoms with Crippen LogP contribution in [0.5, 0.6) is 0 Å². The Labute approximate surface area is 114 Å². The summed E-state index contributed by atoms with van der Waals surface area (Å²) in [7, 11) is 1.34. The van der Waals surface area contributed by atoms with Gasteiger partial charge in [-0.2, -0.15) is 0 Å². The van der Waals surface area contributed by atoms with Gasteiger partial charge >= 0.3 is 5.97 Å².